The number of esters is 1. The van der Waals surface area contributed by atoms with Crippen molar-refractivity contribution in [3.63, 3.8) is 0 Å². The van der Waals surface area contributed by atoms with Crippen molar-refractivity contribution >= 4 is 5.97 Å². The Kier molecular flexibility index (Phi) is 3.62. The van der Waals surface area contributed by atoms with Gasteiger partial charge in [0, 0.05) is 18.0 Å². The molecule has 1 saturated heterocycles. The van der Waals surface area contributed by atoms with E-state index in [4.69, 9.17) is 20.9 Å². The highest BCUT2D eigenvalue weighted by molar-refractivity contribution is 5.81. The zero-order valence-corrected chi connectivity index (χ0v) is 8.18. The maximum absolute atomic E-state index is 10.8. The van der Waals surface area contributed by atoms with E-state index in [1.165, 1.54) is 0 Å². The molecule has 0 bridgehead atoms. The minimum absolute atomic E-state index is 0.0858. The van der Waals surface area contributed by atoms with E-state index in [0.717, 1.165) is 6.08 Å². The predicted octanol–water partition coefficient (Wildman–Crippen LogP) is -0.637. The van der Waals surface area contributed by atoms with Crippen LogP contribution in [0.15, 0.2) is 12.7 Å². The van der Waals surface area contributed by atoms with Crippen LogP contribution in [0.2, 0.25) is 0 Å². The number of nitrogens with two attached hydrogens (primary N) is 2. The Morgan fingerprint density at radius 2 is 2.29 bits per heavy atom. The summed E-state index contributed by atoms with van der Waals surface area (Å²) in [5.74, 6) is -0.377. The van der Waals surface area contributed by atoms with E-state index in [1.54, 1.807) is 0 Å². The molecule has 1 aliphatic rings. The molecule has 5 nitrogen and oxygen atoms in total. The summed E-state index contributed by atoms with van der Waals surface area (Å²) in [5, 5.41) is 0. The van der Waals surface area contributed by atoms with Crippen molar-refractivity contribution in [2.75, 3.05) is 6.61 Å². The number of ether oxygens (including phenoxy) is 2. The number of hydrogen-bond acceptors (Lipinski definition) is 5. The molecule has 0 spiro atoms. The van der Waals surface area contributed by atoms with Gasteiger partial charge in [-0.25, -0.2) is 4.79 Å². The fraction of sp³-hybridized carbons (Fsp3) is 0.667. The van der Waals surface area contributed by atoms with Gasteiger partial charge >= 0.3 is 5.97 Å². The Bertz CT molecular complexity index is 232. The Morgan fingerprint density at radius 3 is 2.71 bits per heavy atom. The fourth-order valence-corrected chi connectivity index (χ4v) is 1.38. The van der Waals surface area contributed by atoms with Gasteiger partial charge in [0.1, 0.15) is 12.8 Å². The minimum atomic E-state index is -0.475. The van der Waals surface area contributed by atoms with E-state index >= 15 is 0 Å². The molecule has 0 saturated carbocycles. The first kappa shape index (κ1) is 11.2. The molecular weight excluding hydrogens is 184 g/mol. The minimum Gasteiger partial charge on any atom is -0.460 e. The molecule has 5 heteroatoms. The summed E-state index contributed by atoms with van der Waals surface area (Å²) in [6, 6.07) is -0.206. The molecule has 4 unspecified atom stereocenters. The van der Waals surface area contributed by atoms with Crippen LogP contribution in [0.3, 0.4) is 0 Å². The SMILES string of the molecule is C=CC(=O)OCC1OC(N)C(N)C1C. The largest absolute Gasteiger partial charge is 0.460 e. The summed E-state index contributed by atoms with van der Waals surface area (Å²) in [5.41, 5.74) is 11.3. The Morgan fingerprint density at radius 1 is 1.64 bits per heavy atom. The summed E-state index contributed by atoms with van der Waals surface area (Å²) in [6.07, 6.45) is 0.417. The molecule has 80 valence electrons. The maximum atomic E-state index is 10.8. The Balaban J connectivity index is 2.39. The summed E-state index contributed by atoms with van der Waals surface area (Å²) < 4.78 is 10.2. The lowest BCUT2D eigenvalue weighted by molar-refractivity contribution is -0.142. The highest BCUT2D eigenvalue weighted by Crippen LogP contribution is 2.22. The molecule has 0 amide bonds. The van der Waals surface area contributed by atoms with E-state index < -0.39 is 12.2 Å². The van der Waals surface area contributed by atoms with Gasteiger partial charge in [0.05, 0.1) is 6.10 Å². The second-order valence-electron chi connectivity index (χ2n) is 3.41. The highest BCUT2D eigenvalue weighted by Gasteiger charge is 2.38. The molecule has 1 aliphatic heterocycles. The van der Waals surface area contributed by atoms with E-state index in [0.29, 0.717) is 0 Å². The van der Waals surface area contributed by atoms with Gasteiger partial charge in [0.25, 0.3) is 0 Å². The summed E-state index contributed by atoms with van der Waals surface area (Å²) in [4.78, 5) is 10.8. The van der Waals surface area contributed by atoms with Gasteiger partial charge in [-0.1, -0.05) is 13.5 Å². The molecule has 1 heterocycles. The van der Waals surface area contributed by atoms with Gasteiger partial charge in [0.15, 0.2) is 0 Å². The van der Waals surface area contributed by atoms with Crippen LogP contribution in [0.1, 0.15) is 6.92 Å². The first-order valence-electron chi connectivity index (χ1n) is 4.52. The third-order valence-electron chi connectivity index (χ3n) is 2.46. The average Bonchev–Trinajstić information content (AvgIpc) is 2.42. The predicted molar refractivity (Wildman–Crippen MR) is 51.1 cm³/mol. The zero-order valence-electron chi connectivity index (χ0n) is 8.18. The molecule has 0 aromatic carbocycles. The molecule has 0 radical (unpaired) electrons. The van der Waals surface area contributed by atoms with Gasteiger partial charge in [-0.2, -0.15) is 0 Å². The molecule has 0 aromatic rings. The maximum Gasteiger partial charge on any atom is 0.330 e. The van der Waals surface area contributed by atoms with Crippen molar-refractivity contribution in [2.45, 2.75) is 25.3 Å². The first-order chi connectivity index (χ1) is 6.56. The molecule has 4 atom stereocenters. The smallest absolute Gasteiger partial charge is 0.330 e. The number of carbonyl (C=O) groups excluding carboxylic acids is 1. The van der Waals surface area contributed by atoms with E-state index in [-0.39, 0.29) is 24.7 Å². The monoisotopic (exact) mass is 200 g/mol. The first-order valence-corrected chi connectivity index (χ1v) is 4.52. The Hall–Kier alpha value is -0.910. The topological polar surface area (TPSA) is 87.6 Å². The van der Waals surface area contributed by atoms with Gasteiger partial charge in [-0.3, -0.25) is 0 Å². The van der Waals surface area contributed by atoms with Crippen LogP contribution in [-0.2, 0) is 14.3 Å². The van der Waals surface area contributed by atoms with Crippen LogP contribution < -0.4 is 11.5 Å². The second-order valence-corrected chi connectivity index (χ2v) is 3.41. The van der Waals surface area contributed by atoms with Gasteiger partial charge < -0.3 is 20.9 Å². The number of carbonyl (C=O) groups is 1. The van der Waals surface area contributed by atoms with Crippen molar-refractivity contribution in [1.29, 1.82) is 0 Å². The van der Waals surface area contributed by atoms with Gasteiger partial charge in [-0.05, 0) is 0 Å². The quantitative estimate of drug-likeness (QED) is 0.467. The molecule has 1 fully saturated rings. The average molecular weight is 200 g/mol. The van der Waals surface area contributed by atoms with E-state index in [2.05, 4.69) is 6.58 Å². The molecule has 1 rings (SSSR count). The van der Waals surface area contributed by atoms with Crippen molar-refractivity contribution in [3.05, 3.63) is 12.7 Å². The van der Waals surface area contributed by atoms with E-state index in [1.807, 2.05) is 6.92 Å². The summed E-state index contributed by atoms with van der Waals surface area (Å²) >= 11 is 0. The summed E-state index contributed by atoms with van der Waals surface area (Å²) in [7, 11) is 0. The summed E-state index contributed by atoms with van der Waals surface area (Å²) in [6.45, 7) is 5.38. The lowest BCUT2D eigenvalue weighted by Crippen LogP contribution is -2.40. The van der Waals surface area contributed by atoms with Gasteiger partial charge in [-0.15, -0.1) is 0 Å². The number of hydrogen-bond donors (Lipinski definition) is 2. The van der Waals surface area contributed by atoms with Crippen molar-refractivity contribution in [2.24, 2.45) is 17.4 Å². The molecular formula is C9H16N2O3. The lowest BCUT2D eigenvalue weighted by Gasteiger charge is -2.14. The lowest BCUT2D eigenvalue weighted by atomic mass is 9.99. The van der Waals surface area contributed by atoms with Crippen molar-refractivity contribution in [3.8, 4) is 0 Å². The van der Waals surface area contributed by atoms with Crippen molar-refractivity contribution in [1.82, 2.24) is 0 Å². The molecule has 0 aromatic heterocycles. The third-order valence-corrected chi connectivity index (χ3v) is 2.46. The van der Waals surface area contributed by atoms with Gasteiger partial charge in [0.2, 0.25) is 0 Å². The fourth-order valence-electron chi connectivity index (χ4n) is 1.38. The Labute approximate surface area is 83.0 Å². The molecule has 4 N–H and O–H groups in total. The second kappa shape index (κ2) is 4.54. The third kappa shape index (κ3) is 2.31. The molecule has 14 heavy (non-hydrogen) atoms. The zero-order chi connectivity index (χ0) is 10.7. The van der Waals surface area contributed by atoms with E-state index in [9.17, 15) is 4.79 Å². The van der Waals surface area contributed by atoms with Crippen LogP contribution in [0.5, 0.6) is 0 Å². The van der Waals surface area contributed by atoms with Crippen molar-refractivity contribution < 1.29 is 14.3 Å². The standard InChI is InChI=1S/C9H16N2O3/c1-3-7(12)13-4-6-5(2)8(10)9(11)14-6/h3,5-6,8-9H,1,4,10-11H2,2H3. The van der Waals surface area contributed by atoms with Crippen LogP contribution in [0.4, 0.5) is 0 Å². The highest BCUT2D eigenvalue weighted by atomic mass is 16.6. The van der Waals surface area contributed by atoms with Crippen LogP contribution >= 0.6 is 0 Å². The molecule has 0 aliphatic carbocycles. The van der Waals surface area contributed by atoms with Crippen LogP contribution in [0.25, 0.3) is 0 Å². The number of rotatable bonds is 3. The normalized spacial score (nSPS) is 36.8. The van der Waals surface area contributed by atoms with Crippen LogP contribution in [0, 0.1) is 5.92 Å². The van der Waals surface area contributed by atoms with Crippen LogP contribution in [-0.4, -0.2) is 30.9 Å².